The van der Waals surface area contributed by atoms with E-state index >= 15 is 0 Å². The Morgan fingerprint density at radius 1 is 0.955 bits per heavy atom. The molecule has 0 aromatic heterocycles. The molecule has 3 nitrogen and oxygen atoms in total. The van der Waals surface area contributed by atoms with Crippen molar-refractivity contribution < 1.29 is 14.6 Å². The minimum absolute atomic E-state index is 0.323. The van der Waals surface area contributed by atoms with Crippen LogP contribution >= 0.6 is 0 Å². The molecule has 128 valence electrons. The van der Waals surface area contributed by atoms with Crippen molar-refractivity contribution in [1.29, 1.82) is 0 Å². The third-order valence-corrected chi connectivity index (χ3v) is 4.33. The van der Waals surface area contributed by atoms with Crippen molar-refractivity contribution in [2.45, 2.75) is 103 Å². The molecular weight excluding hydrogens is 276 g/mol. The summed E-state index contributed by atoms with van der Waals surface area (Å²) in [4.78, 5) is 10.4. The maximum absolute atomic E-state index is 10.4. The molecule has 2 atom stereocenters. The predicted molar refractivity (Wildman–Crippen MR) is 91.1 cm³/mol. The van der Waals surface area contributed by atoms with Crippen LogP contribution in [0.25, 0.3) is 0 Å². The fourth-order valence-electron chi connectivity index (χ4n) is 2.83. The number of aliphatic carboxylic acids is 1. The smallest absolute Gasteiger partial charge is 0.303 e. The highest BCUT2D eigenvalue weighted by molar-refractivity contribution is 5.66. The molecule has 1 rings (SSSR count). The number of epoxide rings is 1. The molecule has 1 aliphatic rings. The fraction of sp³-hybridized carbons (Fsp3) is 0.842. The maximum Gasteiger partial charge on any atom is 0.303 e. The first kappa shape index (κ1) is 19.2. The third-order valence-electron chi connectivity index (χ3n) is 4.33. The number of hydrogen-bond donors (Lipinski definition) is 1. The van der Waals surface area contributed by atoms with Crippen molar-refractivity contribution in [3.63, 3.8) is 0 Å². The number of carboxylic acids is 1. The van der Waals surface area contributed by atoms with Crippen LogP contribution in [0, 0.1) is 0 Å². The average Bonchev–Trinajstić information content (AvgIpc) is 3.23. The Balaban J connectivity index is 1.81. The normalized spacial score (nSPS) is 20.6. The Labute approximate surface area is 136 Å². The van der Waals surface area contributed by atoms with Gasteiger partial charge in [-0.2, -0.15) is 0 Å². The van der Waals surface area contributed by atoms with Gasteiger partial charge in [0.2, 0.25) is 0 Å². The van der Waals surface area contributed by atoms with Crippen molar-refractivity contribution in [1.82, 2.24) is 0 Å². The van der Waals surface area contributed by atoms with Crippen LogP contribution in [0.5, 0.6) is 0 Å². The van der Waals surface area contributed by atoms with Gasteiger partial charge in [0.1, 0.15) is 0 Å². The van der Waals surface area contributed by atoms with E-state index in [0.717, 1.165) is 19.3 Å². The number of carbonyl (C=O) groups is 1. The molecule has 3 heteroatoms. The lowest BCUT2D eigenvalue weighted by Gasteiger charge is -1.99. The lowest BCUT2D eigenvalue weighted by atomic mass is 10.1. The minimum Gasteiger partial charge on any atom is -0.481 e. The zero-order valence-electron chi connectivity index (χ0n) is 14.3. The average molecular weight is 310 g/mol. The molecule has 1 saturated heterocycles. The number of ether oxygens (including phenoxy) is 1. The van der Waals surface area contributed by atoms with E-state index in [-0.39, 0.29) is 0 Å². The van der Waals surface area contributed by atoms with E-state index in [2.05, 4.69) is 19.1 Å². The molecule has 1 N–H and O–H groups in total. The van der Waals surface area contributed by atoms with Gasteiger partial charge in [-0.15, -0.1) is 0 Å². The second-order valence-corrected chi connectivity index (χ2v) is 6.47. The molecule has 0 aliphatic carbocycles. The number of unbranched alkanes of at least 4 members (excludes halogenated alkanes) is 8. The van der Waals surface area contributed by atoms with Gasteiger partial charge in [0, 0.05) is 6.42 Å². The van der Waals surface area contributed by atoms with E-state index in [1.807, 2.05) is 0 Å². The molecule has 1 fully saturated rings. The van der Waals surface area contributed by atoms with Crippen LogP contribution in [-0.2, 0) is 9.53 Å². The van der Waals surface area contributed by atoms with Crippen molar-refractivity contribution in [2.75, 3.05) is 0 Å². The van der Waals surface area contributed by atoms with Crippen molar-refractivity contribution in [2.24, 2.45) is 0 Å². The Morgan fingerprint density at radius 2 is 1.68 bits per heavy atom. The van der Waals surface area contributed by atoms with E-state index in [9.17, 15) is 4.79 Å². The van der Waals surface area contributed by atoms with Crippen LogP contribution in [0.3, 0.4) is 0 Å². The summed E-state index contributed by atoms with van der Waals surface area (Å²) in [5.74, 6) is -0.670. The summed E-state index contributed by atoms with van der Waals surface area (Å²) in [7, 11) is 0. The van der Waals surface area contributed by atoms with Gasteiger partial charge < -0.3 is 9.84 Å². The third kappa shape index (κ3) is 10.8. The monoisotopic (exact) mass is 310 g/mol. The van der Waals surface area contributed by atoms with Gasteiger partial charge in [-0.25, -0.2) is 0 Å². The van der Waals surface area contributed by atoms with E-state index in [0.29, 0.717) is 18.6 Å². The Bertz CT molecular complexity index is 312. The molecule has 0 aromatic rings. The molecule has 2 unspecified atom stereocenters. The Kier molecular flexibility index (Phi) is 11.1. The van der Waals surface area contributed by atoms with Crippen LogP contribution < -0.4 is 0 Å². The summed E-state index contributed by atoms with van der Waals surface area (Å²) in [6.45, 7) is 2.24. The molecule has 22 heavy (non-hydrogen) atoms. The predicted octanol–water partition coefficient (Wildman–Crippen LogP) is 5.49. The summed E-state index contributed by atoms with van der Waals surface area (Å²) in [6, 6.07) is 0. The summed E-state index contributed by atoms with van der Waals surface area (Å²) in [5.41, 5.74) is 0. The second-order valence-electron chi connectivity index (χ2n) is 6.47. The summed E-state index contributed by atoms with van der Waals surface area (Å²) in [5, 5.41) is 8.54. The van der Waals surface area contributed by atoms with Gasteiger partial charge in [-0.05, 0) is 32.1 Å². The molecule has 0 spiro atoms. The lowest BCUT2D eigenvalue weighted by molar-refractivity contribution is -0.137. The molecule has 1 aliphatic heterocycles. The van der Waals surface area contributed by atoms with Gasteiger partial charge in [0.05, 0.1) is 12.2 Å². The summed E-state index contributed by atoms with van der Waals surface area (Å²) < 4.78 is 5.70. The van der Waals surface area contributed by atoms with Crippen LogP contribution in [0.15, 0.2) is 12.2 Å². The van der Waals surface area contributed by atoms with Crippen LogP contribution in [-0.4, -0.2) is 23.3 Å². The molecule has 0 radical (unpaired) electrons. The number of allylic oxidation sites excluding steroid dienone is 1. The molecule has 0 saturated carbocycles. The molecular formula is C19H34O3. The number of carboxylic acid groups (broad SMARTS) is 1. The molecule has 0 amide bonds. The van der Waals surface area contributed by atoms with Crippen molar-refractivity contribution in [3.8, 4) is 0 Å². The Morgan fingerprint density at radius 3 is 2.41 bits per heavy atom. The number of rotatable bonds is 15. The zero-order valence-corrected chi connectivity index (χ0v) is 14.3. The van der Waals surface area contributed by atoms with Gasteiger partial charge in [-0.1, -0.05) is 64.0 Å². The Hall–Kier alpha value is -0.830. The van der Waals surface area contributed by atoms with Gasteiger partial charge in [0.15, 0.2) is 0 Å². The van der Waals surface area contributed by atoms with Crippen molar-refractivity contribution >= 4 is 5.97 Å². The molecule has 0 bridgehead atoms. The molecule has 1 heterocycles. The van der Waals surface area contributed by atoms with Crippen molar-refractivity contribution in [3.05, 3.63) is 12.2 Å². The summed E-state index contributed by atoms with van der Waals surface area (Å²) in [6.07, 6.45) is 20.2. The standard InChI is InChI=1S/C19H34O3/c1-2-3-4-5-8-11-14-17-18(22-17)15-12-9-6-7-10-13-16-19(20)21/h8,11,17-18H,2-7,9-10,12-16H2,1H3,(H,20,21). The SMILES string of the molecule is CCCCCC=CCC1OC1CCCCCCCCC(=O)O. The quantitative estimate of drug-likeness (QED) is 0.247. The first-order valence-corrected chi connectivity index (χ1v) is 9.26. The largest absolute Gasteiger partial charge is 0.481 e. The fourth-order valence-corrected chi connectivity index (χ4v) is 2.83. The first-order chi connectivity index (χ1) is 10.7. The maximum atomic E-state index is 10.4. The second kappa shape index (κ2) is 12.7. The van der Waals surface area contributed by atoms with Crippen LogP contribution in [0.4, 0.5) is 0 Å². The lowest BCUT2D eigenvalue weighted by Crippen LogP contribution is -1.94. The van der Waals surface area contributed by atoms with E-state index in [1.165, 1.54) is 57.8 Å². The molecule has 0 aromatic carbocycles. The first-order valence-electron chi connectivity index (χ1n) is 9.26. The highest BCUT2D eigenvalue weighted by Gasteiger charge is 2.36. The van der Waals surface area contributed by atoms with E-state index in [1.54, 1.807) is 0 Å². The minimum atomic E-state index is -0.670. The van der Waals surface area contributed by atoms with E-state index in [4.69, 9.17) is 9.84 Å². The highest BCUT2D eigenvalue weighted by Crippen LogP contribution is 2.30. The zero-order chi connectivity index (χ0) is 16.0. The highest BCUT2D eigenvalue weighted by atomic mass is 16.6. The van der Waals surface area contributed by atoms with Gasteiger partial charge in [0.25, 0.3) is 0 Å². The topological polar surface area (TPSA) is 49.8 Å². The van der Waals surface area contributed by atoms with Gasteiger partial charge in [-0.3, -0.25) is 4.79 Å². The van der Waals surface area contributed by atoms with E-state index < -0.39 is 5.97 Å². The summed E-state index contributed by atoms with van der Waals surface area (Å²) >= 11 is 0. The van der Waals surface area contributed by atoms with Crippen LogP contribution in [0.1, 0.15) is 90.4 Å². The van der Waals surface area contributed by atoms with Crippen LogP contribution in [0.2, 0.25) is 0 Å². The van der Waals surface area contributed by atoms with Gasteiger partial charge >= 0.3 is 5.97 Å². The number of hydrogen-bond acceptors (Lipinski definition) is 2.